The van der Waals surface area contributed by atoms with Crippen LogP contribution in [0.4, 0.5) is 0 Å². The summed E-state index contributed by atoms with van der Waals surface area (Å²) in [4.78, 5) is 21.6. The van der Waals surface area contributed by atoms with Gasteiger partial charge >= 0.3 is 0 Å². The number of halogens is 1. The third kappa shape index (κ3) is 6.21. The number of rotatable bonds is 5. The molecular weight excluding hydrogens is 453 g/mol. The Bertz CT molecular complexity index is 495. The summed E-state index contributed by atoms with van der Waals surface area (Å²) in [5.41, 5.74) is 0. The van der Waals surface area contributed by atoms with Crippen LogP contribution in [0.2, 0.25) is 0 Å². The van der Waals surface area contributed by atoms with Crippen molar-refractivity contribution in [3.63, 3.8) is 0 Å². The number of likely N-dealkylation sites (N-methyl/N-ethyl adjacent to an activating group) is 1. The van der Waals surface area contributed by atoms with Gasteiger partial charge in [0, 0.05) is 44.7 Å². The van der Waals surface area contributed by atoms with Crippen molar-refractivity contribution in [1.82, 2.24) is 20.4 Å². The van der Waals surface area contributed by atoms with Crippen molar-refractivity contribution in [2.75, 3.05) is 39.8 Å². The van der Waals surface area contributed by atoms with Gasteiger partial charge in [0.15, 0.2) is 5.96 Å². The average molecular weight is 491 g/mol. The number of nitrogens with zero attached hydrogens (tertiary/aromatic N) is 3. The Labute approximate surface area is 181 Å². The highest BCUT2D eigenvalue weighted by atomic mass is 127. The Kier molecular flexibility index (Phi) is 9.62. The lowest BCUT2D eigenvalue weighted by Gasteiger charge is -2.35. The van der Waals surface area contributed by atoms with Crippen LogP contribution in [-0.4, -0.2) is 73.5 Å². The molecule has 156 valence electrons. The van der Waals surface area contributed by atoms with Crippen molar-refractivity contribution in [2.45, 2.75) is 70.4 Å². The number of carbonyl (C=O) groups excluding carboxylic acids is 1. The lowest BCUT2D eigenvalue weighted by molar-refractivity contribution is -0.134. The van der Waals surface area contributed by atoms with Crippen LogP contribution in [0.3, 0.4) is 0 Å². The van der Waals surface area contributed by atoms with Gasteiger partial charge in [-0.05, 0) is 45.2 Å². The molecule has 27 heavy (non-hydrogen) atoms. The molecule has 3 fully saturated rings. The first kappa shape index (κ1) is 22.7. The van der Waals surface area contributed by atoms with E-state index in [1.807, 2.05) is 7.05 Å². The molecule has 0 aromatic rings. The smallest absolute Gasteiger partial charge is 0.225 e. The number of piperidine rings is 1. The van der Waals surface area contributed by atoms with Crippen molar-refractivity contribution in [3.8, 4) is 0 Å². The van der Waals surface area contributed by atoms with E-state index in [1.54, 1.807) is 0 Å². The number of amides is 1. The zero-order valence-electron chi connectivity index (χ0n) is 17.1. The SMILES string of the molecule is CCN1CCCCC1CNC(=NC)NC1CCN(C(=O)C2CCCC2)C1.I. The third-order valence-corrected chi connectivity index (χ3v) is 6.43. The second-order valence-electron chi connectivity index (χ2n) is 8.13. The summed E-state index contributed by atoms with van der Waals surface area (Å²) in [6.07, 6.45) is 9.56. The molecule has 3 aliphatic rings. The summed E-state index contributed by atoms with van der Waals surface area (Å²) in [5, 5.41) is 7.06. The largest absolute Gasteiger partial charge is 0.355 e. The van der Waals surface area contributed by atoms with Crippen LogP contribution in [0.25, 0.3) is 0 Å². The minimum absolute atomic E-state index is 0. The molecule has 2 aliphatic heterocycles. The van der Waals surface area contributed by atoms with Crippen LogP contribution in [0.15, 0.2) is 4.99 Å². The third-order valence-electron chi connectivity index (χ3n) is 6.43. The van der Waals surface area contributed by atoms with E-state index in [0.29, 0.717) is 18.0 Å². The molecule has 1 amide bonds. The molecular formula is C20H38IN5O. The first-order valence-electron chi connectivity index (χ1n) is 10.7. The molecule has 2 atom stereocenters. The Balaban J connectivity index is 0.00000261. The number of aliphatic imine (C=N–C) groups is 1. The molecule has 6 nitrogen and oxygen atoms in total. The Morgan fingerprint density at radius 1 is 1.07 bits per heavy atom. The monoisotopic (exact) mass is 491 g/mol. The lowest BCUT2D eigenvalue weighted by Crippen LogP contribution is -2.51. The summed E-state index contributed by atoms with van der Waals surface area (Å²) >= 11 is 0. The van der Waals surface area contributed by atoms with E-state index in [1.165, 1.54) is 38.6 Å². The zero-order valence-corrected chi connectivity index (χ0v) is 19.4. The van der Waals surface area contributed by atoms with E-state index >= 15 is 0 Å². The number of nitrogens with one attached hydrogen (secondary N) is 2. The molecule has 2 saturated heterocycles. The summed E-state index contributed by atoms with van der Waals surface area (Å²) in [7, 11) is 1.84. The lowest BCUT2D eigenvalue weighted by atomic mass is 10.0. The number of guanidine groups is 1. The number of hydrogen-bond acceptors (Lipinski definition) is 3. The van der Waals surface area contributed by atoms with Crippen LogP contribution < -0.4 is 10.6 Å². The molecule has 2 N–H and O–H groups in total. The van der Waals surface area contributed by atoms with Crippen molar-refractivity contribution in [3.05, 3.63) is 0 Å². The van der Waals surface area contributed by atoms with E-state index in [4.69, 9.17) is 0 Å². The first-order chi connectivity index (χ1) is 12.7. The van der Waals surface area contributed by atoms with Gasteiger partial charge in [0.25, 0.3) is 0 Å². The van der Waals surface area contributed by atoms with Gasteiger partial charge in [0.05, 0.1) is 0 Å². The van der Waals surface area contributed by atoms with Crippen molar-refractivity contribution >= 4 is 35.8 Å². The minimum atomic E-state index is 0. The molecule has 2 unspecified atom stereocenters. The molecule has 1 saturated carbocycles. The number of carbonyl (C=O) groups is 1. The fraction of sp³-hybridized carbons (Fsp3) is 0.900. The molecule has 0 spiro atoms. The quantitative estimate of drug-likeness (QED) is 0.353. The van der Waals surface area contributed by atoms with Crippen LogP contribution in [0.5, 0.6) is 0 Å². The number of hydrogen-bond donors (Lipinski definition) is 2. The van der Waals surface area contributed by atoms with Gasteiger partial charge < -0.3 is 15.5 Å². The average Bonchev–Trinajstić information content (AvgIpc) is 3.37. The molecule has 3 rings (SSSR count). The predicted molar refractivity (Wildman–Crippen MR) is 122 cm³/mol. The van der Waals surface area contributed by atoms with Gasteiger partial charge in [-0.3, -0.25) is 14.7 Å². The Morgan fingerprint density at radius 2 is 1.81 bits per heavy atom. The highest BCUT2D eigenvalue weighted by Gasteiger charge is 2.32. The van der Waals surface area contributed by atoms with E-state index in [-0.39, 0.29) is 29.9 Å². The first-order valence-corrected chi connectivity index (χ1v) is 10.7. The number of likely N-dealkylation sites (tertiary alicyclic amines) is 2. The van der Waals surface area contributed by atoms with E-state index in [9.17, 15) is 4.79 Å². The van der Waals surface area contributed by atoms with Gasteiger partial charge in [0.2, 0.25) is 5.91 Å². The second kappa shape index (κ2) is 11.4. The van der Waals surface area contributed by atoms with Gasteiger partial charge in [-0.25, -0.2) is 0 Å². The van der Waals surface area contributed by atoms with Gasteiger partial charge in [0.1, 0.15) is 0 Å². The highest BCUT2D eigenvalue weighted by Crippen LogP contribution is 2.27. The molecule has 2 heterocycles. The maximum absolute atomic E-state index is 12.6. The Morgan fingerprint density at radius 3 is 2.52 bits per heavy atom. The topological polar surface area (TPSA) is 60.0 Å². The van der Waals surface area contributed by atoms with E-state index < -0.39 is 0 Å². The summed E-state index contributed by atoms with van der Waals surface area (Å²) < 4.78 is 0. The van der Waals surface area contributed by atoms with Crippen LogP contribution >= 0.6 is 24.0 Å². The van der Waals surface area contributed by atoms with Gasteiger partial charge in [-0.15, -0.1) is 24.0 Å². The maximum Gasteiger partial charge on any atom is 0.225 e. The normalized spacial score (nSPS) is 27.5. The molecule has 0 aromatic heterocycles. The van der Waals surface area contributed by atoms with E-state index in [2.05, 4.69) is 32.3 Å². The summed E-state index contributed by atoms with van der Waals surface area (Å²) in [6, 6.07) is 0.927. The zero-order chi connectivity index (χ0) is 18.4. The van der Waals surface area contributed by atoms with E-state index in [0.717, 1.165) is 51.4 Å². The fourth-order valence-electron chi connectivity index (χ4n) is 4.82. The predicted octanol–water partition coefficient (Wildman–Crippen LogP) is 2.43. The molecule has 0 bridgehead atoms. The molecule has 1 aliphatic carbocycles. The Hall–Kier alpha value is -0.570. The summed E-state index contributed by atoms with van der Waals surface area (Å²) in [6.45, 7) is 7.25. The minimum Gasteiger partial charge on any atom is -0.355 e. The second-order valence-corrected chi connectivity index (χ2v) is 8.13. The molecule has 0 aromatic carbocycles. The maximum atomic E-state index is 12.6. The fourth-order valence-corrected chi connectivity index (χ4v) is 4.82. The van der Waals surface area contributed by atoms with Crippen molar-refractivity contribution in [1.29, 1.82) is 0 Å². The molecule has 0 radical (unpaired) electrons. The summed E-state index contributed by atoms with van der Waals surface area (Å²) in [5.74, 6) is 1.56. The van der Waals surface area contributed by atoms with Gasteiger partial charge in [-0.2, -0.15) is 0 Å². The highest BCUT2D eigenvalue weighted by molar-refractivity contribution is 14.0. The van der Waals surface area contributed by atoms with Crippen LogP contribution in [0, 0.1) is 5.92 Å². The van der Waals surface area contributed by atoms with Crippen molar-refractivity contribution in [2.24, 2.45) is 10.9 Å². The van der Waals surface area contributed by atoms with Crippen LogP contribution in [0.1, 0.15) is 58.3 Å². The van der Waals surface area contributed by atoms with Crippen LogP contribution in [-0.2, 0) is 4.79 Å². The van der Waals surface area contributed by atoms with Gasteiger partial charge in [-0.1, -0.05) is 26.2 Å². The molecule has 7 heteroatoms. The standard InChI is InChI=1S/C20H37N5O.HI/c1-3-24-12-7-6-10-18(24)14-22-20(21-2)23-17-11-13-25(15-17)19(26)16-8-4-5-9-16;/h16-18H,3-15H2,1-2H3,(H2,21,22,23);1H. The van der Waals surface area contributed by atoms with Crippen molar-refractivity contribution < 1.29 is 4.79 Å².